The van der Waals surface area contributed by atoms with Crippen LogP contribution in [0.1, 0.15) is 31.7 Å². The molecule has 1 heterocycles. The highest BCUT2D eigenvalue weighted by Crippen LogP contribution is 2.25. The van der Waals surface area contributed by atoms with Gasteiger partial charge in [-0.15, -0.1) is 0 Å². The summed E-state index contributed by atoms with van der Waals surface area (Å²) in [5.74, 6) is 2.99. The van der Waals surface area contributed by atoms with Crippen LogP contribution in [0.3, 0.4) is 0 Å². The fourth-order valence-corrected chi connectivity index (χ4v) is 3.14. The van der Waals surface area contributed by atoms with E-state index >= 15 is 0 Å². The number of aliphatic imine (C=N–C) groups is 1. The summed E-state index contributed by atoms with van der Waals surface area (Å²) in [6.45, 7) is 8.60. The molecular weight excluding hydrogens is 302 g/mol. The summed E-state index contributed by atoms with van der Waals surface area (Å²) < 4.78 is 11.2. The normalized spacial score (nSPS) is 18.3. The number of likely N-dealkylation sites (tertiary alicyclic amines) is 1. The molecule has 1 fully saturated rings. The molecule has 1 N–H and O–H groups in total. The quantitative estimate of drug-likeness (QED) is 0.473. The first kappa shape index (κ1) is 18.6. The Hall–Kier alpha value is -1.75. The van der Waals surface area contributed by atoms with E-state index in [2.05, 4.69) is 41.2 Å². The van der Waals surface area contributed by atoms with Crippen molar-refractivity contribution in [3.8, 4) is 5.75 Å². The molecule has 0 bridgehead atoms. The molecule has 0 aromatic heterocycles. The maximum Gasteiger partial charge on any atom is 0.193 e. The van der Waals surface area contributed by atoms with E-state index in [-0.39, 0.29) is 0 Å². The summed E-state index contributed by atoms with van der Waals surface area (Å²) in [6.07, 6.45) is 1.16. The van der Waals surface area contributed by atoms with E-state index in [0.29, 0.717) is 18.4 Å². The molecule has 1 atom stereocenters. The van der Waals surface area contributed by atoms with E-state index in [4.69, 9.17) is 9.47 Å². The molecule has 1 aromatic carbocycles. The molecule has 0 spiro atoms. The van der Waals surface area contributed by atoms with Crippen molar-refractivity contribution in [2.24, 2.45) is 10.9 Å². The Balaban J connectivity index is 1.77. The van der Waals surface area contributed by atoms with Gasteiger partial charge in [-0.3, -0.25) is 4.99 Å². The Morgan fingerprint density at radius 1 is 1.38 bits per heavy atom. The van der Waals surface area contributed by atoms with Gasteiger partial charge in [-0.05, 0) is 24.0 Å². The molecule has 24 heavy (non-hydrogen) atoms. The van der Waals surface area contributed by atoms with Crippen molar-refractivity contribution in [3.63, 3.8) is 0 Å². The predicted molar refractivity (Wildman–Crippen MR) is 98.9 cm³/mol. The zero-order valence-electron chi connectivity index (χ0n) is 15.4. The largest absolute Gasteiger partial charge is 0.491 e. The summed E-state index contributed by atoms with van der Waals surface area (Å²) in [5, 5.41) is 3.40. The van der Waals surface area contributed by atoms with Crippen molar-refractivity contribution in [1.29, 1.82) is 0 Å². The minimum absolute atomic E-state index is 0.462. The van der Waals surface area contributed by atoms with Gasteiger partial charge in [0.15, 0.2) is 5.96 Å². The Bertz CT molecular complexity index is 531. The number of rotatable bonds is 7. The third-order valence-corrected chi connectivity index (χ3v) is 4.38. The Morgan fingerprint density at radius 2 is 2.17 bits per heavy atom. The van der Waals surface area contributed by atoms with Crippen LogP contribution >= 0.6 is 0 Å². The number of nitrogens with one attached hydrogen (secondary N) is 1. The van der Waals surface area contributed by atoms with Crippen LogP contribution in [0, 0.1) is 5.92 Å². The topological polar surface area (TPSA) is 46.1 Å². The van der Waals surface area contributed by atoms with Gasteiger partial charge in [-0.2, -0.15) is 0 Å². The molecule has 0 aliphatic carbocycles. The van der Waals surface area contributed by atoms with Crippen LogP contribution in [0.5, 0.6) is 5.75 Å². The Morgan fingerprint density at radius 3 is 2.88 bits per heavy atom. The van der Waals surface area contributed by atoms with Gasteiger partial charge < -0.3 is 19.7 Å². The standard InChI is InChI=1S/C19H31N3O2/c1-15(2)17-7-5-6-8-18(17)24-12-10-21-19(20-3)22-11-9-16(13-22)14-23-4/h5-8,15-16H,9-14H2,1-4H3,(H,20,21). The van der Waals surface area contributed by atoms with Gasteiger partial charge in [0.25, 0.3) is 0 Å². The first-order valence-electron chi connectivity index (χ1n) is 8.82. The van der Waals surface area contributed by atoms with Gasteiger partial charge in [0.05, 0.1) is 13.2 Å². The molecule has 2 rings (SSSR count). The lowest BCUT2D eigenvalue weighted by molar-refractivity contribution is 0.157. The zero-order chi connectivity index (χ0) is 17.4. The van der Waals surface area contributed by atoms with E-state index in [1.807, 2.05) is 19.2 Å². The number of guanidine groups is 1. The van der Waals surface area contributed by atoms with Gasteiger partial charge in [-0.1, -0.05) is 32.0 Å². The number of methoxy groups -OCH3 is 1. The van der Waals surface area contributed by atoms with Crippen molar-refractivity contribution < 1.29 is 9.47 Å². The van der Waals surface area contributed by atoms with Crippen molar-refractivity contribution in [2.45, 2.75) is 26.2 Å². The van der Waals surface area contributed by atoms with Gasteiger partial charge in [-0.25, -0.2) is 0 Å². The minimum atomic E-state index is 0.462. The van der Waals surface area contributed by atoms with Crippen molar-refractivity contribution in [3.05, 3.63) is 29.8 Å². The van der Waals surface area contributed by atoms with E-state index < -0.39 is 0 Å². The molecule has 5 nitrogen and oxygen atoms in total. The van der Waals surface area contributed by atoms with Crippen LogP contribution in [0.2, 0.25) is 0 Å². The lowest BCUT2D eigenvalue weighted by Gasteiger charge is -2.22. The lowest BCUT2D eigenvalue weighted by Crippen LogP contribution is -2.41. The second-order valence-corrected chi connectivity index (χ2v) is 6.57. The summed E-state index contributed by atoms with van der Waals surface area (Å²) in [7, 11) is 3.60. The molecule has 1 aromatic rings. The molecule has 1 aliphatic heterocycles. The summed E-state index contributed by atoms with van der Waals surface area (Å²) in [6, 6.07) is 8.26. The molecule has 0 amide bonds. The number of nitrogens with zero attached hydrogens (tertiary/aromatic N) is 2. The van der Waals surface area contributed by atoms with E-state index in [0.717, 1.165) is 44.4 Å². The number of hydrogen-bond acceptors (Lipinski definition) is 3. The van der Waals surface area contributed by atoms with Crippen LogP contribution in [0.25, 0.3) is 0 Å². The molecule has 0 saturated carbocycles. The van der Waals surface area contributed by atoms with Crippen LogP contribution in [-0.2, 0) is 4.74 Å². The smallest absolute Gasteiger partial charge is 0.193 e. The number of hydrogen-bond donors (Lipinski definition) is 1. The highest BCUT2D eigenvalue weighted by molar-refractivity contribution is 5.80. The molecular formula is C19H31N3O2. The van der Waals surface area contributed by atoms with E-state index in [1.165, 1.54) is 5.56 Å². The molecule has 1 unspecified atom stereocenters. The lowest BCUT2D eigenvalue weighted by atomic mass is 10.0. The number of ether oxygens (including phenoxy) is 2. The summed E-state index contributed by atoms with van der Waals surface area (Å²) >= 11 is 0. The van der Waals surface area contributed by atoms with Crippen LogP contribution in [0.4, 0.5) is 0 Å². The van der Waals surface area contributed by atoms with E-state index in [1.54, 1.807) is 7.11 Å². The second kappa shape index (κ2) is 9.52. The van der Waals surface area contributed by atoms with Crippen molar-refractivity contribution in [2.75, 3.05) is 47.0 Å². The van der Waals surface area contributed by atoms with Gasteiger partial charge in [0.1, 0.15) is 12.4 Å². The molecule has 0 radical (unpaired) electrons. The van der Waals surface area contributed by atoms with Crippen molar-refractivity contribution in [1.82, 2.24) is 10.2 Å². The van der Waals surface area contributed by atoms with Crippen LogP contribution < -0.4 is 10.1 Å². The average molecular weight is 333 g/mol. The van der Waals surface area contributed by atoms with Gasteiger partial charge in [0, 0.05) is 33.2 Å². The van der Waals surface area contributed by atoms with E-state index in [9.17, 15) is 0 Å². The molecule has 1 aliphatic rings. The fraction of sp³-hybridized carbons (Fsp3) is 0.632. The number of benzene rings is 1. The Kier molecular flexibility index (Phi) is 7.37. The summed E-state index contributed by atoms with van der Waals surface area (Å²) in [4.78, 5) is 6.69. The SMILES string of the molecule is CN=C(NCCOc1ccccc1C(C)C)N1CCC(COC)C1. The van der Waals surface area contributed by atoms with Gasteiger partial charge in [0.2, 0.25) is 0 Å². The third kappa shape index (κ3) is 5.13. The molecule has 5 heteroatoms. The zero-order valence-corrected chi connectivity index (χ0v) is 15.4. The van der Waals surface area contributed by atoms with Crippen LogP contribution in [0.15, 0.2) is 29.3 Å². The molecule has 134 valence electrons. The minimum Gasteiger partial charge on any atom is -0.491 e. The van der Waals surface area contributed by atoms with Gasteiger partial charge >= 0.3 is 0 Å². The number of para-hydroxylation sites is 1. The highest BCUT2D eigenvalue weighted by Gasteiger charge is 2.24. The first-order chi connectivity index (χ1) is 11.7. The van der Waals surface area contributed by atoms with Crippen molar-refractivity contribution >= 4 is 5.96 Å². The first-order valence-corrected chi connectivity index (χ1v) is 8.82. The second-order valence-electron chi connectivity index (χ2n) is 6.57. The molecule has 1 saturated heterocycles. The predicted octanol–water partition coefficient (Wildman–Crippen LogP) is 2.73. The van der Waals surface area contributed by atoms with Crippen LogP contribution in [-0.4, -0.2) is 57.9 Å². The maximum atomic E-state index is 5.96. The monoisotopic (exact) mass is 333 g/mol. The highest BCUT2D eigenvalue weighted by atomic mass is 16.5. The maximum absolute atomic E-state index is 5.96. The average Bonchev–Trinajstić information content (AvgIpc) is 3.04. The Labute approximate surface area is 146 Å². The fourth-order valence-electron chi connectivity index (χ4n) is 3.14. The third-order valence-electron chi connectivity index (χ3n) is 4.38. The summed E-state index contributed by atoms with van der Waals surface area (Å²) in [5.41, 5.74) is 1.25.